The Labute approximate surface area is 492 Å². The van der Waals surface area contributed by atoms with Gasteiger partial charge in [0.2, 0.25) is 0 Å². The van der Waals surface area contributed by atoms with Gasteiger partial charge in [-0.25, -0.2) is 0 Å². The number of hydrogen-bond acceptors (Lipinski definition) is 10. The molecule has 0 spiro atoms. The first kappa shape index (κ1) is 64.0. The summed E-state index contributed by atoms with van der Waals surface area (Å²) in [5.41, 5.74) is 4.80. The van der Waals surface area contributed by atoms with Crippen molar-refractivity contribution in [3.05, 3.63) is 319 Å². The Balaban J connectivity index is 0.000000271. The number of nitrogens with zero attached hydrogens (tertiary/aromatic N) is 4. The molecule has 10 nitrogen and oxygen atoms in total. The van der Waals surface area contributed by atoms with Crippen LogP contribution in [0, 0.1) is 127 Å². The molecule has 10 rings (SSSR count). The zero-order valence-corrected chi connectivity index (χ0v) is 47.2. The van der Waals surface area contributed by atoms with Gasteiger partial charge in [-0.2, -0.15) is 20.4 Å². The number of rotatable bonds is 18. The Kier molecular flexibility index (Phi) is 31.7. The van der Waals surface area contributed by atoms with E-state index in [-0.39, 0.29) is 53.6 Å². The van der Waals surface area contributed by atoms with Crippen LogP contribution in [0.5, 0.6) is 23.0 Å². The van der Waals surface area contributed by atoms with E-state index in [0.717, 1.165) is 34.1 Å². The summed E-state index contributed by atoms with van der Waals surface area (Å²) in [7, 11) is 0. The molecule has 4 aliphatic rings. The Morgan fingerprint density at radius 3 is 0.805 bits per heavy atom. The fourth-order valence-electron chi connectivity index (χ4n) is 6.69. The van der Waals surface area contributed by atoms with Gasteiger partial charge >= 0.3 is 53.6 Å². The molecule has 6 aromatic rings. The first-order chi connectivity index (χ1) is 36.5. The van der Waals surface area contributed by atoms with Crippen molar-refractivity contribution in [1.82, 2.24) is 0 Å². The smallest absolute Gasteiger partial charge is 0.857 e. The fourth-order valence-corrected chi connectivity index (χ4v) is 6.69. The zero-order chi connectivity index (χ0) is 51.1. The Morgan fingerprint density at radius 1 is 0.338 bits per heavy atom. The van der Waals surface area contributed by atoms with Crippen molar-refractivity contribution in [2.45, 2.75) is 26.4 Å². The monoisotopic (exact) mass is 1150 g/mol. The maximum absolute atomic E-state index is 12.6. The van der Waals surface area contributed by atoms with Crippen LogP contribution >= 0.6 is 0 Å². The quantitative estimate of drug-likeness (QED) is 0.0364. The van der Waals surface area contributed by atoms with Crippen molar-refractivity contribution in [3.8, 4) is 23.0 Å². The molecule has 0 N–H and O–H groups in total. The van der Waals surface area contributed by atoms with Crippen LogP contribution in [-0.2, 0) is 80.0 Å². The van der Waals surface area contributed by atoms with Gasteiger partial charge in [-0.05, 0) is 173 Å². The largest absolute Gasteiger partial charge is 2.00 e. The SMILES string of the molecule is [CH]1[CH][CH][CH][CH]1.[CH]1[CH][CH][CH][CH]1.[Fe+2].[Fe+2].[O-]/C(=N/N=C/[C]1[CH][CH][CH][CH]1)c1cc(OCc2ccccc2)cc(OCc2ccccc2)c1.[O-]/C(=N\N=C\[C]1[CH][CH][CH][CH]1)c1cc(OCc2ccccc2)cc(OCc2ccccc2)c1.[Zn+2]. The minimum absolute atomic E-state index is 0. The normalized spacial score (nSPS) is 15.3. The summed E-state index contributed by atoms with van der Waals surface area (Å²) >= 11 is 0. The number of hydrogen-bond donors (Lipinski definition) is 0. The summed E-state index contributed by atoms with van der Waals surface area (Å²) in [5, 5.41) is 40.7. The van der Waals surface area contributed by atoms with Crippen LogP contribution in [0.15, 0.2) is 178 Å². The number of ether oxygens (including phenoxy) is 4. The molecular formula is C64H54Fe2N4O6Zn+4. The minimum atomic E-state index is -0.470. The molecule has 4 saturated carbocycles. The summed E-state index contributed by atoms with van der Waals surface area (Å²) in [6.45, 7) is 1.51. The maximum Gasteiger partial charge on any atom is 2.00 e. The summed E-state index contributed by atoms with van der Waals surface area (Å²) in [6, 6.07) is 49.5. The zero-order valence-electron chi connectivity index (χ0n) is 42.0. The summed E-state index contributed by atoms with van der Waals surface area (Å²) in [5.74, 6) is 2.93. The van der Waals surface area contributed by atoms with Gasteiger partial charge in [0.15, 0.2) is 0 Å². The molecule has 6 aromatic carbocycles. The van der Waals surface area contributed by atoms with Gasteiger partial charge in [-0.1, -0.05) is 121 Å². The van der Waals surface area contributed by atoms with Crippen molar-refractivity contribution in [1.29, 1.82) is 0 Å². The predicted octanol–water partition coefficient (Wildman–Crippen LogP) is 10.7. The van der Waals surface area contributed by atoms with E-state index in [1.165, 1.54) is 0 Å². The molecule has 20 radical (unpaired) electrons. The fraction of sp³-hybridized carbons (Fsp3) is 0.0625. The van der Waals surface area contributed by atoms with E-state index >= 15 is 0 Å². The Hall–Kier alpha value is -5.54. The minimum Gasteiger partial charge on any atom is -0.857 e. The van der Waals surface area contributed by atoms with Crippen LogP contribution in [0.25, 0.3) is 0 Å². The average Bonchev–Trinajstić information content (AvgIpc) is 4.34. The molecule has 0 atom stereocenters. The molecule has 77 heavy (non-hydrogen) atoms. The van der Waals surface area contributed by atoms with E-state index in [0.29, 0.717) is 60.6 Å². The van der Waals surface area contributed by atoms with Crippen molar-refractivity contribution < 1.29 is 82.8 Å². The molecule has 0 saturated heterocycles. The second-order valence-corrected chi connectivity index (χ2v) is 16.1. The molecular weight excluding hydrogens is 1100 g/mol. The molecule has 4 aliphatic carbocycles. The van der Waals surface area contributed by atoms with Gasteiger partial charge < -0.3 is 29.2 Å². The molecule has 13 heteroatoms. The van der Waals surface area contributed by atoms with Crippen LogP contribution in [-0.4, -0.2) is 24.2 Å². The van der Waals surface area contributed by atoms with Gasteiger partial charge in [0.25, 0.3) is 0 Å². The molecule has 0 bridgehead atoms. The van der Waals surface area contributed by atoms with E-state index in [1.54, 1.807) is 48.8 Å². The van der Waals surface area contributed by atoms with E-state index in [9.17, 15) is 10.2 Å². The molecule has 4 fully saturated rings. The molecule has 0 amide bonds. The molecule has 0 aliphatic heterocycles. The van der Waals surface area contributed by atoms with Gasteiger partial charge in [0, 0.05) is 48.2 Å². The molecule has 380 valence electrons. The second kappa shape index (κ2) is 38.1. The topological polar surface area (TPSA) is 132 Å². The van der Waals surface area contributed by atoms with Gasteiger partial charge in [0.1, 0.15) is 49.4 Å². The van der Waals surface area contributed by atoms with E-state index in [1.807, 2.05) is 237 Å². The van der Waals surface area contributed by atoms with Crippen molar-refractivity contribution in [2.75, 3.05) is 0 Å². The van der Waals surface area contributed by atoms with Crippen LogP contribution in [0.1, 0.15) is 33.4 Å². The second-order valence-electron chi connectivity index (χ2n) is 16.1. The first-order valence-corrected chi connectivity index (χ1v) is 23.8. The summed E-state index contributed by atoms with van der Waals surface area (Å²) < 4.78 is 23.7. The van der Waals surface area contributed by atoms with Crippen LogP contribution in [0.3, 0.4) is 0 Å². The standard InChI is InChI=1S/2C27H23N2O3.2C5H5.2Fe.Zn/c2*30-27(29-28-18-21-9-7-8-10-21)24-15-25(31-19-22-11-3-1-4-12-22)17-26(16-24)32-20-23-13-5-2-6-14-23;2*1-2-4-5-3-1;;;/h2*1-18H,19-20H2,(H,29,30);2*1-5H;;;/q;;;;3*+2/p-2/b2*28-18+;;;;;. The van der Waals surface area contributed by atoms with Gasteiger partial charge in [-0.3, -0.25) is 0 Å². The maximum atomic E-state index is 12.6. The van der Waals surface area contributed by atoms with E-state index < -0.39 is 11.8 Å². The van der Waals surface area contributed by atoms with Crippen LogP contribution < -0.4 is 29.2 Å². The summed E-state index contributed by atoms with van der Waals surface area (Å²) in [6.07, 6.45) is 38.2. The van der Waals surface area contributed by atoms with Crippen LogP contribution in [0.4, 0.5) is 0 Å². The third-order valence-electron chi connectivity index (χ3n) is 10.4. The first-order valence-electron chi connectivity index (χ1n) is 23.8. The number of benzene rings is 6. The predicted molar refractivity (Wildman–Crippen MR) is 290 cm³/mol. The molecule has 0 aromatic heterocycles. The van der Waals surface area contributed by atoms with E-state index in [4.69, 9.17) is 18.9 Å². The van der Waals surface area contributed by atoms with Gasteiger partial charge in [-0.15, -0.1) is 0 Å². The Morgan fingerprint density at radius 2 is 0.571 bits per heavy atom. The van der Waals surface area contributed by atoms with Crippen molar-refractivity contribution in [2.24, 2.45) is 20.4 Å². The van der Waals surface area contributed by atoms with E-state index in [2.05, 4.69) is 20.4 Å². The van der Waals surface area contributed by atoms with Crippen LogP contribution in [0.2, 0.25) is 0 Å². The van der Waals surface area contributed by atoms with Crippen molar-refractivity contribution >= 4 is 24.2 Å². The summed E-state index contributed by atoms with van der Waals surface area (Å²) in [4.78, 5) is 0. The molecule has 0 heterocycles. The molecule has 0 unspecified atom stereocenters. The van der Waals surface area contributed by atoms with Gasteiger partial charge in [0.05, 0.1) is 0 Å². The Bertz CT molecular complexity index is 2300. The third-order valence-corrected chi connectivity index (χ3v) is 10.4. The third kappa shape index (κ3) is 25.2. The average molecular weight is 1150 g/mol. The van der Waals surface area contributed by atoms with Crippen molar-refractivity contribution in [3.63, 3.8) is 0 Å².